The highest BCUT2D eigenvalue weighted by Gasteiger charge is 2.39. The van der Waals surface area contributed by atoms with Gasteiger partial charge in [0.05, 0.1) is 21.4 Å². The third-order valence-electron chi connectivity index (χ3n) is 3.95. The molecule has 0 radical (unpaired) electrons. The highest BCUT2D eigenvalue weighted by atomic mass is 35.5. The van der Waals surface area contributed by atoms with Gasteiger partial charge in [0.2, 0.25) is 5.91 Å². The number of ether oxygens (including phenoxy) is 1. The van der Waals surface area contributed by atoms with Gasteiger partial charge in [-0.1, -0.05) is 23.2 Å². The molecule has 1 unspecified atom stereocenters. The third-order valence-corrected chi connectivity index (χ3v) is 4.50. The first kappa shape index (κ1) is 20.9. The Morgan fingerprint density at radius 3 is 2.34 bits per heavy atom. The predicted octanol–water partition coefficient (Wildman–Crippen LogP) is 4.71. The largest absolute Gasteiger partial charge is 0.435 e. The predicted molar refractivity (Wildman–Crippen MR) is 102 cm³/mol. The van der Waals surface area contributed by atoms with Crippen molar-refractivity contribution in [2.75, 3.05) is 10.3 Å². The first-order valence-corrected chi connectivity index (χ1v) is 8.82. The Morgan fingerprint density at radius 1 is 1.21 bits per heavy atom. The molecule has 1 heterocycles. The lowest BCUT2D eigenvalue weighted by Crippen LogP contribution is -2.36. The number of nitrogens with one attached hydrogen (secondary N) is 1. The van der Waals surface area contributed by atoms with Crippen LogP contribution in [0, 0.1) is 11.7 Å². The normalized spacial score (nSPS) is 16.2. The number of carbonyl (C=O) groups excluding carboxylic acids is 2. The summed E-state index contributed by atoms with van der Waals surface area (Å²) in [5, 5.41) is 6.92. The second-order valence-corrected chi connectivity index (χ2v) is 6.75. The van der Waals surface area contributed by atoms with E-state index in [0.29, 0.717) is 0 Å². The van der Waals surface area contributed by atoms with E-state index in [1.807, 2.05) is 0 Å². The zero-order valence-electron chi connectivity index (χ0n) is 14.6. The summed E-state index contributed by atoms with van der Waals surface area (Å²) in [6, 6.07) is 7.52. The van der Waals surface area contributed by atoms with Crippen molar-refractivity contribution in [1.82, 2.24) is 0 Å². The Kier molecular flexibility index (Phi) is 5.99. The first-order chi connectivity index (χ1) is 13.7. The van der Waals surface area contributed by atoms with E-state index in [-0.39, 0.29) is 32.9 Å². The van der Waals surface area contributed by atoms with Gasteiger partial charge in [0.1, 0.15) is 5.75 Å². The van der Waals surface area contributed by atoms with Crippen LogP contribution in [0.5, 0.6) is 5.75 Å². The fourth-order valence-electron chi connectivity index (χ4n) is 2.66. The molecule has 152 valence electrons. The van der Waals surface area contributed by atoms with Gasteiger partial charge in [-0.15, -0.1) is 0 Å². The number of anilines is 2. The average Bonchev–Trinajstić information content (AvgIpc) is 2.94. The van der Waals surface area contributed by atoms with Crippen molar-refractivity contribution >= 4 is 52.1 Å². The van der Waals surface area contributed by atoms with Gasteiger partial charge < -0.3 is 10.1 Å². The molecule has 0 saturated carbocycles. The standard InChI is InChI=1S/C18H12Cl2F3N3O3/c1-8-14(16(27)24-9-6-12(19)15(21)13(20)7-9)17(28)26(25-8)10-2-4-11(5-3-10)29-18(22)23/h2-7,14,18H,1H3,(H,24,27). The molecule has 0 saturated heterocycles. The van der Waals surface area contributed by atoms with Gasteiger partial charge in [0, 0.05) is 5.69 Å². The van der Waals surface area contributed by atoms with E-state index in [9.17, 15) is 22.8 Å². The number of hydrazone groups is 1. The minimum atomic E-state index is -2.98. The SMILES string of the molecule is CC1=NN(c2ccc(OC(F)F)cc2)C(=O)C1C(=O)Nc1cc(Cl)c(F)c(Cl)c1. The number of carbonyl (C=O) groups is 2. The summed E-state index contributed by atoms with van der Waals surface area (Å²) in [4.78, 5) is 25.3. The number of benzene rings is 2. The maximum Gasteiger partial charge on any atom is 0.387 e. The lowest BCUT2D eigenvalue weighted by Gasteiger charge is -2.15. The van der Waals surface area contributed by atoms with Crippen molar-refractivity contribution in [3.05, 3.63) is 52.3 Å². The minimum absolute atomic E-state index is 0.0875. The van der Waals surface area contributed by atoms with Crippen molar-refractivity contribution in [1.29, 1.82) is 0 Å². The molecule has 2 aromatic rings. The van der Waals surface area contributed by atoms with Crippen molar-refractivity contribution in [2.45, 2.75) is 13.5 Å². The van der Waals surface area contributed by atoms with Crippen LogP contribution in [0.1, 0.15) is 6.92 Å². The van der Waals surface area contributed by atoms with Crippen LogP contribution in [-0.4, -0.2) is 24.1 Å². The molecule has 0 fully saturated rings. The molecule has 6 nitrogen and oxygen atoms in total. The van der Waals surface area contributed by atoms with Gasteiger partial charge in [0.15, 0.2) is 11.7 Å². The van der Waals surface area contributed by atoms with E-state index in [4.69, 9.17) is 23.2 Å². The lowest BCUT2D eigenvalue weighted by atomic mass is 10.0. The summed E-state index contributed by atoms with van der Waals surface area (Å²) in [5.41, 5.74) is 0.581. The smallest absolute Gasteiger partial charge is 0.387 e. The Hall–Kier alpha value is -2.78. The highest BCUT2D eigenvalue weighted by Crippen LogP contribution is 2.30. The van der Waals surface area contributed by atoms with Crippen molar-refractivity contribution in [3.63, 3.8) is 0 Å². The van der Waals surface area contributed by atoms with E-state index >= 15 is 0 Å². The highest BCUT2D eigenvalue weighted by molar-refractivity contribution is 6.35. The molecule has 2 amide bonds. The van der Waals surface area contributed by atoms with E-state index in [1.165, 1.54) is 31.2 Å². The second-order valence-electron chi connectivity index (χ2n) is 5.94. The van der Waals surface area contributed by atoms with E-state index < -0.39 is 30.2 Å². The Labute approximate surface area is 172 Å². The zero-order valence-corrected chi connectivity index (χ0v) is 16.1. The van der Waals surface area contributed by atoms with Crippen molar-refractivity contribution in [3.8, 4) is 5.75 Å². The summed E-state index contributed by atoms with van der Waals surface area (Å²) in [6.45, 7) is -1.49. The third kappa shape index (κ3) is 4.46. The van der Waals surface area contributed by atoms with E-state index in [0.717, 1.165) is 17.1 Å². The summed E-state index contributed by atoms with van der Waals surface area (Å²) >= 11 is 11.4. The summed E-state index contributed by atoms with van der Waals surface area (Å²) in [5.74, 6) is -3.52. The number of rotatable bonds is 5. The molecule has 1 atom stereocenters. The van der Waals surface area contributed by atoms with Crippen LogP contribution in [0.25, 0.3) is 0 Å². The number of alkyl halides is 2. The van der Waals surface area contributed by atoms with Crippen LogP contribution < -0.4 is 15.1 Å². The molecule has 0 aliphatic carbocycles. The molecule has 29 heavy (non-hydrogen) atoms. The van der Waals surface area contributed by atoms with Crippen LogP contribution in [0.15, 0.2) is 41.5 Å². The van der Waals surface area contributed by atoms with E-state index in [1.54, 1.807) is 0 Å². The van der Waals surface area contributed by atoms with Gasteiger partial charge >= 0.3 is 6.61 Å². The van der Waals surface area contributed by atoms with Crippen LogP contribution in [-0.2, 0) is 9.59 Å². The Morgan fingerprint density at radius 2 is 1.79 bits per heavy atom. The van der Waals surface area contributed by atoms with Gasteiger partial charge in [-0.2, -0.15) is 18.9 Å². The summed E-state index contributed by atoms with van der Waals surface area (Å²) in [6.07, 6.45) is 0. The van der Waals surface area contributed by atoms with Crippen molar-refractivity contribution in [2.24, 2.45) is 11.0 Å². The fraction of sp³-hybridized carbons (Fsp3) is 0.167. The monoisotopic (exact) mass is 445 g/mol. The molecule has 0 bridgehead atoms. The molecule has 1 aliphatic rings. The minimum Gasteiger partial charge on any atom is -0.435 e. The Bertz CT molecular complexity index is 977. The van der Waals surface area contributed by atoms with Gasteiger partial charge in [-0.05, 0) is 43.3 Å². The quantitative estimate of drug-likeness (QED) is 0.534. The van der Waals surface area contributed by atoms with Crippen LogP contribution in [0.2, 0.25) is 10.0 Å². The maximum atomic E-state index is 13.5. The molecular formula is C18H12Cl2F3N3O3. The van der Waals surface area contributed by atoms with Crippen LogP contribution in [0.4, 0.5) is 24.5 Å². The molecule has 0 spiro atoms. The molecule has 11 heteroatoms. The van der Waals surface area contributed by atoms with Crippen LogP contribution in [0.3, 0.4) is 0 Å². The lowest BCUT2D eigenvalue weighted by molar-refractivity contribution is -0.127. The average molecular weight is 446 g/mol. The fourth-order valence-corrected chi connectivity index (χ4v) is 3.15. The Balaban J connectivity index is 1.76. The number of hydrogen-bond donors (Lipinski definition) is 1. The number of hydrogen-bond acceptors (Lipinski definition) is 4. The summed E-state index contributed by atoms with van der Waals surface area (Å²) < 4.78 is 42.2. The molecule has 1 aliphatic heterocycles. The molecule has 3 rings (SSSR count). The molecular weight excluding hydrogens is 434 g/mol. The topological polar surface area (TPSA) is 71.0 Å². The van der Waals surface area contributed by atoms with Crippen LogP contribution >= 0.6 is 23.2 Å². The van der Waals surface area contributed by atoms with E-state index in [2.05, 4.69) is 15.2 Å². The van der Waals surface area contributed by atoms with Gasteiger partial charge in [-0.3, -0.25) is 9.59 Å². The summed E-state index contributed by atoms with van der Waals surface area (Å²) in [7, 11) is 0. The first-order valence-electron chi connectivity index (χ1n) is 8.06. The number of nitrogens with zero attached hydrogens (tertiary/aromatic N) is 2. The molecule has 2 aromatic carbocycles. The maximum absolute atomic E-state index is 13.5. The second kappa shape index (κ2) is 8.30. The zero-order chi connectivity index (χ0) is 21.3. The number of amides is 2. The van der Waals surface area contributed by atoms with Gasteiger partial charge in [0.25, 0.3) is 5.91 Å². The van der Waals surface area contributed by atoms with Gasteiger partial charge in [-0.25, -0.2) is 4.39 Å². The van der Waals surface area contributed by atoms with Crippen molar-refractivity contribution < 1.29 is 27.5 Å². The molecule has 0 aromatic heterocycles. The number of halogens is 5. The molecule has 1 N–H and O–H groups in total.